The summed E-state index contributed by atoms with van der Waals surface area (Å²) in [6.07, 6.45) is 0.879. The fourth-order valence-electron chi connectivity index (χ4n) is 3.82. The predicted octanol–water partition coefficient (Wildman–Crippen LogP) is 5.59. The van der Waals surface area contributed by atoms with E-state index in [1.807, 2.05) is 30.7 Å². The van der Waals surface area contributed by atoms with E-state index in [1.54, 1.807) is 11.3 Å². The average molecular weight is 407 g/mol. The van der Waals surface area contributed by atoms with Crippen LogP contribution < -0.4 is 5.32 Å². The van der Waals surface area contributed by atoms with Gasteiger partial charge in [-0.05, 0) is 57.2 Å². The molecule has 1 aromatic carbocycles. The third-order valence-corrected chi connectivity index (χ3v) is 6.13. The molecule has 3 aromatic heterocycles. The number of aryl methyl sites for hydroxylation is 3. The molecule has 1 amide bonds. The van der Waals surface area contributed by atoms with Gasteiger partial charge in [-0.3, -0.25) is 9.48 Å². The third kappa shape index (κ3) is 3.72. The Hall–Kier alpha value is -2.86. The highest BCUT2D eigenvalue weighted by atomic mass is 32.1. The standard InChI is InChI=1S/C23H26N4OS/c1-15(2)27-17(4)22(16(3)25-27)24-23(28)20-14-21-19(11-13-29-21)26(20)12-10-18-8-6-5-7-9-18/h5-9,11,13-15H,10,12H2,1-4H3,(H,24,28). The second kappa shape index (κ2) is 7.87. The molecule has 0 radical (unpaired) electrons. The lowest BCUT2D eigenvalue weighted by atomic mass is 10.1. The zero-order chi connectivity index (χ0) is 20.5. The lowest BCUT2D eigenvalue weighted by Crippen LogP contribution is -2.18. The van der Waals surface area contributed by atoms with Gasteiger partial charge in [-0.2, -0.15) is 5.10 Å². The van der Waals surface area contributed by atoms with Crippen LogP contribution in [0.1, 0.15) is 47.3 Å². The number of hydrogen-bond acceptors (Lipinski definition) is 3. The minimum Gasteiger partial charge on any atom is -0.335 e. The van der Waals surface area contributed by atoms with Crippen molar-refractivity contribution in [1.29, 1.82) is 0 Å². The topological polar surface area (TPSA) is 51.9 Å². The van der Waals surface area contributed by atoms with Crippen LogP contribution in [-0.2, 0) is 13.0 Å². The number of amides is 1. The molecule has 1 N–H and O–H groups in total. The van der Waals surface area contributed by atoms with Crippen LogP contribution in [0.15, 0.2) is 47.8 Å². The average Bonchev–Trinajstić information content (AvgIpc) is 3.36. The van der Waals surface area contributed by atoms with Crippen molar-refractivity contribution in [3.05, 3.63) is 70.5 Å². The molecule has 4 rings (SSSR count). The molecule has 0 saturated heterocycles. The van der Waals surface area contributed by atoms with Gasteiger partial charge in [0.25, 0.3) is 5.91 Å². The van der Waals surface area contributed by atoms with Crippen LogP contribution >= 0.6 is 11.3 Å². The summed E-state index contributed by atoms with van der Waals surface area (Å²) in [6.45, 7) is 8.88. The second-order valence-corrected chi connectivity index (χ2v) is 8.57. The van der Waals surface area contributed by atoms with Gasteiger partial charge < -0.3 is 9.88 Å². The molecule has 0 saturated carbocycles. The highest BCUT2D eigenvalue weighted by Crippen LogP contribution is 2.28. The number of aromatic nitrogens is 3. The molecule has 0 atom stereocenters. The maximum atomic E-state index is 13.2. The van der Waals surface area contributed by atoms with Crippen molar-refractivity contribution in [2.45, 2.75) is 46.7 Å². The van der Waals surface area contributed by atoms with Crippen LogP contribution in [0.25, 0.3) is 10.2 Å². The van der Waals surface area contributed by atoms with Crippen molar-refractivity contribution in [3.63, 3.8) is 0 Å². The van der Waals surface area contributed by atoms with Gasteiger partial charge in [-0.15, -0.1) is 11.3 Å². The van der Waals surface area contributed by atoms with E-state index >= 15 is 0 Å². The lowest BCUT2D eigenvalue weighted by molar-refractivity contribution is 0.101. The maximum Gasteiger partial charge on any atom is 0.272 e. The van der Waals surface area contributed by atoms with Gasteiger partial charge >= 0.3 is 0 Å². The van der Waals surface area contributed by atoms with Crippen molar-refractivity contribution < 1.29 is 4.79 Å². The quantitative estimate of drug-likeness (QED) is 0.454. The summed E-state index contributed by atoms with van der Waals surface area (Å²) in [7, 11) is 0. The van der Waals surface area contributed by atoms with Gasteiger partial charge in [0, 0.05) is 12.6 Å². The summed E-state index contributed by atoms with van der Waals surface area (Å²) in [5, 5.41) is 9.78. The molecule has 4 aromatic rings. The second-order valence-electron chi connectivity index (χ2n) is 7.63. The Morgan fingerprint density at radius 3 is 2.62 bits per heavy atom. The molecule has 0 bridgehead atoms. The van der Waals surface area contributed by atoms with Crippen LogP contribution in [0, 0.1) is 13.8 Å². The van der Waals surface area contributed by atoms with Crippen molar-refractivity contribution in [2.24, 2.45) is 0 Å². The van der Waals surface area contributed by atoms with E-state index < -0.39 is 0 Å². The minimum atomic E-state index is -0.0871. The largest absolute Gasteiger partial charge is 0.335 e. The maximum absolute atomic E-state index is 13.2. The van der Waals surface area contributed by atoms with E-state index in [2.05, 4.69) is 64.5 Å². The number of anilines is 1. The molecule has 29 heavy (non-hydrogen) atoms. The molecule has 6 heteroatoms. The highest BCUT2D eigenvalue weighted by molar-refractivity contribution is 7.17. The number of benzene rings is 1. The molecular formula is C23H26N4OS. The highest BCUT2D eigenvalue weighted by Gasteiger charge is 2.20. The minimum absolute atomic E-state index is 0.0871. The number of nitrogens with zero attached hydrogens (tertiary/aromatic N) is 3. The summed E-state index contributed by atoms with van der Waals surface area (Å²) in [5.41, 5.74) is 5.70. The first-order valence-corrected chi connectivity index (χ1v) is 10.8. The van der Waals surface area contributed by atoms with Crippen LogP contribution in [0.4, 0.5) is 5.69 Å². The number of carbonyl (C=O) groups is 1. The number of fused-ring (bicyclic) bond motifs is 1. The predicted molar refractivity (Wildman–Crippen MR) is 120 cm³/mol. The molecule has 0 aliphatic heterocycles. The summed E-state index contributed by atoms with van der Waals surface area (Å²) in [4.78, 5) is 13.2. The first-order valence-electron chi connectivity index (χ1n) is 9.93. The van der Waals surface area contributed by atoms with Crippen LogP contribution in [0.5, 0.6) is 0 Å². The van der Waals surface area contributed by atoms with Crippen molar-refractivity contribution in [3.8, 4) is 0 Å². The summed E-state index contributed by atoms with van der Waals surface area (Å²) < 4.78 is 5.22. The zero-order valence-electron chi connectivity index (χ0n) is 17.3. The van der Waals surface area contributed by atoms with Crippen molar-refractivity contribution in [2.75, 3.05) is 5.32 Å². The summed E-state index contributed by atoms with van der Waals surface area (Å²) in [6, 6.07) is 14.7. The number of hydrogen-bond donors (Lipinski definition) is 1. The smallest absolute Gasteiger partial charge is 0.272 e. The van der Waals surface area contributed by atoms with Crippen molar-refractivity contribution >= 4 is 33.1 Å². The van der Waals surface area contributed by atoms with Gasteiger partial charge in [-0.25, -0.2) is 0 Å². The molecule has 0 spiro atoms. The third-order valence-electron chi connectivity index (χ3n) is 5.27. The fraction of sp³-hybridized carbons (Fsp3) is 0.304. The van der Waals surface area contributed by atoms with E-state index in [0.717, 1.165) is 40.3 Å². The first kappa shape index (κ1) is 19.5. The Morgan fingerprint density at radius 2 is 1.93 bits per heavy atom. The zero-order valence-corrected chi connectivity index (χ0v) is 18.1. The Balaban J connectivity index is 1.64. The fourth-order valence-corrected chi connectivity index (χ4v) is 4.64. The normalized spacial score (nSPS) is 11.5. The number of carbonyl (C=O) groups excluding carboxylic acids is 1. The van der Waals surface area contributed by atoms with E-state index in [-0.39, 0.29) is 11.9 Å². The molecule has 3 heterocycles. The molecular weight excluding hydrogens is 380 g/mol. The Kier molecular flexibility index (Phi) is 5.28. The Morgan fingerprint density at radius 1 is 1.17 bits per heavy atom. The Labute approximate surface area is 175 Å². The van der Waals surface area contributed by atoms with Gasteiger partial charge in [0.15, 0.2) is 0 Å². The van der Waals surface area contributed by atoms with Gasteiger partial charge in [0.2, 0.25) is 0 Å². The lowest BCUT2D eigenvalue weighted by Gasteiger charge is -2.12. The molecule has 5 nitrogen and oxygen atoms in total. The first-order chi connectivity index (χ1) is 14.0. The van der Waals surface area contributed by atoms with Crippen LogP contribution in [0.3, 0.4) is 0 Å². The van der Waals surface area contributed by atoms with Gasteiger partial charge in [0.05, 0.1) is 27.3 Å². The molecule has 0 aliphatic rings. The van der Waals surface area contributed by atoms with E-state index in [4.69, 9.17) is 0 Å². The molecule has 0 unspecified atom stereocenters. The SMILES string of the molecule is Cc1nn(C(C)C)c(C)c1NC(=O)c1cc2sccc2n1CCc1ccccc1. The summed E-state index contributed by atoms with van der Waals surface area (Å²) >= 11 is 1.66. The van der Waals surface area contributed by atoms with E-state index in [0.29, 0.717) is 5.69 Å². The van der Waals surface area contributed by atoms with Crippen LogP contribution in [0.2, 0.25) is 0 Å². The van der Waals surface area contributed by atoms with Crippen LogP contribution in [-0.4, -0.2) is 20.3 Å². The van der Waals surface area contributed by atoms with E-state index in [9.17, 15) is 4.79 Å². The molecule has 0 fully saturated rings. The van der Waals surface area contributed by atoms with Gasteiger partial charge in [0.1, 0.15) is 5.69 Å². The van der Waals surface area contributed by atoms with E-state index in [1.165, 1.54) is 5.56 Å². The number of thiophene rings is 1. The molecule has 0 aliphatic carbocycles. The Bertz CT molecular complexity index is 1150. The molecule has 150 valence electrons. The summed E-state index contributed by atoms with van der Waals surface area (Å²) in [5.74, 6) is -0.0871. The monoisotopic (exact) mass is 406 g/mol. The number of nitrogens with one attached hydrogen (secondary N) is 1. The number of rotatable bonds is 6. The van der Waals surface area contributed by atoms with Crippen molar-refractivity contribution in [1.82, 2.24) is 14.3 Å². The van der Waals surface area contributed by atoms with Gasteiger partial charge in [-0.1, -0.05) is 30.3 Å².